The van der Waals surface area contributed by atoms with Crippen molar-refractivity contribution in [3.63, 3.8) is 0 Å². The van der Waals surface area contributed by atoms with Crippen LogP contribution in [0.1, 0.15) is 11.1 Å². The molecule has 0 bridgehead atoms. The van der Waals surface area contributed by atoms with Crippen molar-refractivity contribution in [3.05, 3.63) is 46.4 Å². The summed E-state index contributed by atoms with van der Waals surface area (Å²) in [5, 5.41) is 6.65. The molecule has 0 fully saturated rings. The fourth-order valence-corrected chi connectivity index (χ4v) is 14.7. The van der Waals surface area contributed by atoms with Gasteiger partial charge in [0.25, 0.3) is 0 Å². The lowest BCUT2D eigenvalue weighted by Crippen LogP contribution is -2.48. The van der Waals surface area contributed by atoms with E-state index in [1.54, 1.807) is 48.3 Å². The van der Waals surface area contributed by atoms with Gasteiger partial charge in [-0.15, -0.1) is 0 Å². The molecule has 2 aromatic rings. The van der Waals surface area contributed by atoms with E-state index in [4.69, 9.17) is 24.9 Å². The van der Waals surface area contributed by atoms with Crippen molar-refractivity contribution >= 4 is 40.2 Å². The fraction of sp³-hybridized carbons (Fsp3) is 0.600. The summed E-state index contributed by atoms with van der Waals surface area (Å²) in [5.41, 5.74) is 15.5. The average molecular weight is 555 g/mol. The number of ether oxygens (including phenoxy) is 2. The summed E-state index contributed by atoms with van der Waals surface area (Å²) in [7, 11) is -3.86. The summed E-state index contributed by atoms with van der Waals surface area (Å²) in [6.07, 6.45) is 7.14. The van der Waals surface area contributed by atoms with Gasteiger partial charge in [0.1, 0.15) is 0 Å². The van der Waals surface area contributed by atoms with E-state index in [9.17, 15) is 0 Å². The third kappa shape index (κ3) is 12.8. The van der Waals surface area contributed by atoms with Gasteiger partial charge in [0.05, 0.1) is 26.4 Å². The smallest absolute Gasteiger partial charge is 0.187 e. The van der Waals surface area contributed by atoms with E-state index in [1.165, 1.54) is 0 Å². The Labute approximate surface area is 217 Å². The van der Waals surface area contributed by atoms with Gasteiger partial charge in [-0.25, -0.2) is 19.9 Å². The van der Waals surface area contributed by atoms with Gasteiger partial charge in [-0.1, -0.05) is 28.6 Å². The van der Waals surface area contributed by atoms with Crippen molar-refractivity contribution in [2.45, 2.75) is 49.7 Å². The summed E-state index contributed by atoms with van der Waals surface area (Å²) in [4.78, 5) is 20.4. The number of nitrogens with two attached hydrogens (primary N) is 1. The molecule has 0 aliphatic rings. The van der Waals surface area contributed by atoms with Crippen LogP contribution in [0.25, 0.3) is 10.4 Å². The number of azide groups is 1. The molecule has 0 aliphatic carbocycles. The Morgan fingerprint density at radius 2 is 1.31 bits per heavy atom. The van der Waals surface area contributed by atoms with Gasteiger partial charge in [0, 0.05) is 64.7 Å². The van der Waals surface area contributed by atoms with Gasteiger partial charge in [-0.3, -0.25) is 0 Å². The zero-order valence-corrected chi connectivity index (χ0v) is 24.3. The highest BCUT2D eigenvalue weighted by Gasteiger charge is 2.33. The summed E-state index contributed by atoms with van der Waals surface area (Å²) < 4.78 is 17.6. The molecule has 0 spiro atoms. The number of hydrogen-bond acceptors (Lipinski definition) is 11. The van der Waals surface area contributed by atoms with E-state index in [0.29, 0.717) is 39.5 Å². The third-order valence-electron chi connectivity index (χ3n) is 4.21. The molecule has 2 aromatic heterocycles. The minimum Gasteiger partial charge on any atom is -0.454 e. The SMILES string of the molecule is C[Si](C)(CSc1ncc(COCCN)cn1)O[Si](C)(C)CSc1ncc(COCCN=[N+]=[N-])cn1. The van der Waals surface area contributed by atoms with E-state index in [2.05, 4.69) is 56.1 Å². The topological polar surface area (TPSA) is 154 Å². The second-order valence-corrected chi connectivity index (χ2v) is 20.3. The van der Waals surface area contributed by atoms with Crippen molar-refractivity contribution in [1.29, 1.82) is 0 Å². The second-order valence-electron chi connectivity index (χ2n) is 8.79. The Bertz CT molecular complexity index is 933. The molecule has 0 atom stereocenters. The van der Waals surface area contributed by atoms with Gasteiger partial charge in [-0.05, 0) is 31.7 Å². The van der Waals surface area contributed by atoms with Crippen LogP contribution in [0.2, 0.25) is 26.2 Å². The summed E-state index contributed by atoms with van der Waals surface area (Å²) >= 11 is 3.27. The maximum Gasteiger partial charge on any atom is 0.187 e. The minimum atomic E-state index is -1.94. The molecule has 0 aromatic carbocycles. The molecular weight excluding hydrogens is 521 g/mol. The third-order valence-corrected chi connectivity index (χ3v) is 16.3. The first-order valence-corrected chi connectivity index (χ1v) is 19.4. The van der Waals surface area contributed by atoms with Crippen LogP contribution in [0.3, 0.4) is 0 Å². The standard InChI is InChI=1S/C20H34N8O3S2Si2/c1-34(2,15-32-19-23-9-17(10-24-19)13-29-7-5-21)31-35(3,4)16-33-20-25-11-18(12-26-20)14-30-8-6-27-28-22/h9-12H,5-8,13-16,21H2,1-4H3. The van der Waals surface area contributed by atoms with Crippen LogP contribution in [0.15, 0.2) is 40.2 Å². The predicted octanol–water partition coefficient (Wildman–Crippen LogP) is 3.96. The molecule has 0 saturated carbocycles. The zero-order chi connectivity index (χ0) is 25.6. The second kappa shape index (κ2) is 15.5. The Morgan fingerprint density at radius 1 is 0.857 bits per heavy atom. The first kappa shape index (κ1) is 29.7. The fourth-order valence-electron chi connectivity index (χ4n) is 2.88. The van der Waals surface area contributed by atoms with Crippen molar-refractivity contribution in [3.8, 4) is 0 Å². The molecule has 192 valence electrons. The summed E-state index contributed by atoms with van der Waals surface area (Å²) in [5.74, 6) is 0. The van der Waals surface area contributed by atoms with Gasteiger partial charge in [0.15, 0.2) is 26.9 Å². The zero-order valence-electron chi connectivity index (χ0n) is 20.7. The number of nitrogens with zero attached hydrogens (tertiary/aromatic N) is 7. The van der Waals surface area contributed by atoms with Crippen LogP contribution < -0.4 is 5.73 Å². The molecule has 2 N–H and O–H groups in total. The van der Waals surface area contributed by atoms with E-state index < -0.39 is 16.6 Å². The first-order valence-electron chi connectivity index (χ1n) is 11.2. The molecule has 15 heteroatoms. The molecule has 0 unspecified atom stereocenters. The Hall–Kier alpha value is -1.56. The molecule has 2 rings (SSSR count). The molecule has 2 heterocycles. The van der Waals surface area contributed by atoms with Crippen molar-refractivity contribution in [1.82, 2.24) is 19.9 Å². The Kier molecular flexibility index (Phi) is 13.2. The number of thioether (sulfide) groups is 2. The average Bonchev–Trinajstić information content (AvgIpc) is 2.82. The highest BCUT2D eigenvalue weighted by Crippen LogP contribution is 2.26. The number of aromatic nitrogens is 4. The number of hydrogen-bond donors (Lipinski definition) is 1. The first-order chi connectivity index (χ1) is 16.7. The van der Waals surface area contributed by atoms with Crippen molar-refractivity contribution < 1.29 is 13.6 Å². The van der Waals surface area contributed by atoms with Crippen molar-refractivity contribution in [2.24, 2.45) is 10.8 Å². The maximum atomic E-state index is 8.26. The summed E-state index contributed by atoms with van der Waals surface area (Å²) in [6, 6.07) is 0. The Morgan fingerprint density at radius 3 is 1.74 bits per heavy atom. The maximum absolute atomic E-state index is 8.26. The van der Waals surface area contributed by atoms with Crippen LogP contribution in [-0.2, 0) is 26.8 Å². The lowest BCUT2D eigenvalue weighted by atomic mass is 10.4. The monoisotopic (exact) mass is 554 g/mol. The van der Waals surface area contributed by atoms with E-state index >= 15 is 0 Å². The molecule has 11 nitrogen and oxygen atoms in total. The quantitative estimate of drug-likeness (QED) is 0.0578. The van der Waals surface area contributed by atoms with E-state index in [1.807, 2.05) is 0 Å². The highest BCUT2D eigenvalue weighted by molar-refractivity contribution is 8.01. The molecule has 0 amide bonds. The predicted molar refractivity (Wildman–Crippen MR) is 144 cm³/mol. The lowest BCUT2D eigenvalue weighted by Gasteiger charge is -2.33. The van der Waals surface area contributed by atoms with E-state index in [-0.39, 0.29) is 0 Å². The van der Waals surface area contributed by atoms with Gasteiger partial charge >= 0.3 is 0 Å². The Balaban J connectivity index is 1.75. The molecule has 0 aliphatic heterocycles. The number of rotatable bonds is 17. The van der Waals surface area contributed by atoms with Crippen LogP contribution in [0.4, 0.5) is 0 Å². The molecule has 35 heavy (non-hydrogen) atoms. The van der Waals surface area contributed by atoms with E-state index in [0.717, 1.165) is 32.2 Å². The van der Waals surface area contributed by atoms with Crippen LogP contribution in [-0.4, -0.2) is 73.6 Å². The van der Waals surface area contributed by atoms with Gasteiger partial charge in [0.2, 0.25) is 0 Å². The van der Waals surface area contributed by atoms with Gasteiger partial charge < -0.3 is 19.3 Å². The highest BCUT2D eigenvalue weighted by atomic mass is 32.2. The van der Waals surface area contributed by atoms with Gasteiger partial charge in [-0.2, -0.15) is 0 Å². The largest absolute Gasteiger partial charge is 0.454 e. The van der Waals surface area contributed by atoms with Crippen LogP contribution in [0, 0.1) is 0 Å². The minimum absolute atomic E-state index is 0.313. The molecule has 0 radical (unpaired) electrons. The molecule has 0 saturated heterocycles. The van der Waals surface area contributed by atoms with Crippen LogP contribution in [0.5, 0.6) is 0 Å². The van der Waals surface area contributed by atoms with Crippen LogP contribution >= 0.6 is 23.5 Å². The molecular formula is C20H34N8O3S2Si2. The van der Waals surface area contributed by atoms with Crippen molar-refractivity contribution in [2.75, 3.05) is 37.1 Å². The summed E-state index contributed by atoms with van der Waals surface area (Å²) in [6.45, 7) is 11.5. The lowest BCUT2D eigenvalue weighted by molar-refractivity contribution is 0.127. The normalized spacial score (nSPS) is 11.9.